The summed E-state index contributed by atoms with van der Waals surface area (Å²) >= 11 is 0. The quantitative estimate of drug-likeness (QED) is 0.687. The topological polar surface area (TPSA) is 75.0 Å². The van der Waals surface area contributed by atoms with Gasteiger partial charge in [-0.05, 0) is 24.3 Å². The molecule has 2 aromatic heterocycles. The highest BCUT2D eigenvalue weighted by molar-refractivity contribution is 5.90. The summed E-state index contributed by atoms with van der Waals surface area (Å²) in [4.78, 5) is 16.0. The molecule has 0 bridgehead atoms. The van der Waals surface area contributed by atoms with Crippen molar-refractivity contribution in [3.05, 3.63) is 42.1 Å². The van der Waals surface area contributed by atoms with Crippen molar-refractivity contribution in [3.63, 3.8) is 0 Å². The number of methoxy groups -OCH3 is 3. The highest BCUT2D eigenvalue weighted by Crippen LogP contribution is 2.28. The zero-order valence-corrected chi connectivity index (χ0v) is 12.9. The van der Waals surface area contributed by atoms with E-state index in [1.807, 2.05) is 12.1 Å². The third-order valence-corrected chi connectivity index (χ3v) is 3.37. The first-order valence-electron chi connectivity index (χ1n) is 6.83. The molecule has 7 heteroatoms. The van der Waals surface area contributed by atoms with Crippen molar-refractivity contribution in [2.24, 2.45) is 0 Å². The predicted molar refractivity (Wildman–Crippen MR) is 82.9 cm³/mol. The van der Waals surface area contributed by atoms with E-state index in [2.05, 4.69) is 10.1 Å². The molecule has 7 nitrogen and oxygen atoms in total. The van der Waals surface area contributed by atoms with Gasteiger partial charge in [-0.15, -0.1) is 5.10 Å². The van der Waals surface area contributed by atoms with E-state index in [0.717, 1.165) is 5.56 Å². The zero-order valence-electron chi connectivity index (χ0n) is 12.9. The first kappa shape index (κ1) is 14.8. The number of carbonyl (C=O) groups is 1. The maximum Gasteiger partial charge on any atom is 0.338 e. The molecule has 0 aliphatic carbocycles. The monoisotopic (exact) mass is 313 g/mol. The molecular formula is C16H15N3O4. The number of pyridine rings is 1. The molecule has 0 atom stereocenters. The Morgan fingerprint density at radius 1 is 1.04 bits per heavy atom. The summed E-state index contributed by atoms with van der Waals surface area (Å²) in [5, 5.41) is 4.40. The number of ether oxygens (including phenoxy) is 3. The molecule has 3 aromatic rings. The van der Waals surface area contributed by atoms with Gasteiger partial charge in [0.1, 0.15) is 11.5 Å². The minimum atomic E-state index is -0.417. The molecule has 3 rings (SSSR count). The Kier molecular flexibility index (Phi) is 3.84. The molecule has 1 aromatic carbocycles. The van der Waals surface area contributed by atoms with E-state index in [4.69, 9.17) is 14.2 Å². The molecule has 0 aliphatic rings. The van der Waals surface area contributed by atoms with Gasteiger partial charge in [-0.1, -0.05) is 0 Å². The van der Waals surface area contributed by atoms with Crippen LogP contribution in [-0.4, -0.2) is 41.9 Å². The van der Waals surface area contributed by atoms with Crippen molar-refractivity contribution in [2.45, 2.75) is 0 Å². The van der Waals surface area contributed by atoms with Gasteiger partial charge in [-0.25, -0.2) is 14.3 Å². The number of nitrogens with zero attached hydrogens (tertiary/aromatic N) is 3. The SMILES string of the molecule is COC(=O)c1ccn2nc(-c3cc(OC)cc(OC)c3)nc2c1. The summed E-state index contributed by atoms with van der Waals surface area (Å²) in [5.41, 5.74) is 1.72. The predicted octanol–water partition coefficient (Wildman–Crippen LogP) is 2.20. The van der Waals surface area contributed by atoms with Crippen LogP contribution in [0.1, 0.15) is 10.4 Å². The van der Waals surface area contributed by atoms with Crippen LogP contribution in [0.4, 0.5) is 0 Å². The van der Waals surface area contributed by atoms with Crippen LogP contribution in [0.3, 0.4) is 0 Å². The van der Waals surface area contributed by atoms with Crippen LogP contribution >= 0.6 is 0 Å². The first-order chi connectivity index (χ1) is 11.1. The lowest BCUT2D eigenvalue weighted by molar-refractivity contribution is 0.0600. The second-order valence-electron chi connectivity index (χ2n) is 4.75. The van der Waals surface area contributed by atoms with Crippen molar-refractivity contribution in [1.82, 2.24) is 14.6 Å². The maximum atomic E-state index is 11.6. The number of fused-ring (bicyclic) bond motifs is 1. The molecule has 0 radical (unpaired) electrons. The van der Waals surface area contributed by atoms with Gasteiger partial charge in [0.15, 0.2) is 11.5 Å². The molecule has 118 valence electrons. The summed E-state index contributed by atoms with van der Waals surface area (Å²) < 4.78 is 16.8. The normalized spacial score (nSPS) is 10.6. The van der Waals surface area contributed by atoms with E-state index < -0.39 is 5.97 Å². The van der Waals surface area contributed by atoms with Gasteiger partial charge in [0.2, 0.25) is 0 Å². The van der Waals surface area contributed by atoms with Crippen LogP contribution in [0.25, 0.3) is 17.0 Å². The molecule has 0 aliphatic heterocycles. The van der Waals surface area contributed by atoms with Gasteiger partial charge < -0.3 is 14.2 Å². The molecule has 0 saturated heterocycles. The third kappa shape index (κ3) is 2.80. The lowest BCUT2D eigenvalue weighted by Crippen LogP contribution is -2.02. The summed E-state index contributed by atoms with van der Waals surface area (Å²) in [6.45, 7) is 0. The van der Waals surface area contributed by atoms with Gasteiger partial charge in [0.25, 0.3) is 0 Å². The first-order valence-corrected chi connectivity index (χ1v) is 6.83. The smallest absolute Gasteiger partial charge is 0.338 e. The second kappa shape index (κ2) is 5.96. The van der Waals surface area contributed by atoms with E-state index in [9.17, 15) is 4.79 Å². The lowest BCUT2D eigenvalue weighted by Gasteiger charge is -2.05. The molecule has 23 heavy (non-hydrogen) atoms. The fourth-order valence-corrected chi connectivity index (χ4v) is 2.19. The Hall–Kier alpha value is -3.09. The van der Waals surface area contributed by atoms with Crippen LogP contribution < -0.4 is 9.47 Å². The highest BCUT2D eigenvalue weighted by Gasteiger charge is 2.12. The Morgan fingerprint density at radius 3 is 2.35 bits per heavy atom. The molecule has 0 amide bonds. The lowest BCUT2D eigenvalue weighted by atomic mass is 10.2. The molecule has 0 N–H and O–H groups in total. The zero-order chi connectivity index (χ0) is 16.4. The Balaban J connectivity index is 2.08. The Bertz CT molecular complexity index is 851. The van der Waals surface area contributed by atoms with Crippen LogP contribution in [0.2, 0.25) is 0 Å². The summed E-state index contributed by atoms with van der Waals surface area (Å²) in [5.74, 6) is 1.38. The van der Waals surface area contributed by atoms with Crippen LogP contribution in [0.15, 0.2) is 36.5 Å². The number of esters is 1. The third-order valence-electron chi connectivity index (χ3n) is 3.37. The largest absolute Gasteiger partial charge is 0.497 e. The second-order valence-corrected chi connectivity index (χ2v) is 4.75. The van der Waals surface area contributed by atoms with Gasteiger partial charge >= 0.3 is 5.97 Å². The van der Waals surface area contributed by atoms with E-state index in [1.54, 1.807) is 43.1 Å². The maximum absolute atomic E-state index is 11.6. The summed E-state index contributed by atoms with van der Waals surface area (Å²) in [6.07, 6.45) is 1.66. The van der Waals surface area contributed by atoms with Crippen LogP contribution in [-0.2, 0) is 4.74 Å². The van der Waals surface area contributed by atoms with Crippen molar-refractivity contribution in [2.75, 3.05) is 21.3 Å². The van der Waals surface area contributed by atoms with Gasteiger partial charge in [-0.3, -0.25) is 0 Å². The average Bonchev–Trinajstić information content (AvgIpc) is 3.03. The van der Waals surface area contributed by atoms with Crippen molar-refractivity contribution in [3.8, 4) is 22.9 Å². The van der Waals surface area contributed by atoms with Crippen molar-refractivity contribution >= 4 is 11.6 Å². The molecule has 0 spiro atoms. The highest BCUT2D eigenvalue weighted by atomic mass is 16.5. The molecular weight excluding hydrogens is 298 g/mol. The molecule has 0 saturated carbocycles. The van der Waals surface area contributed by atoms with Crippen molar-refractivity contribution in [1.29, 1.82) is 0 Å². The van der Waals surface area contributed by atoms with Gasteiger partial charge in [-0.2, -0.15) is 0 Å². The standard InChI is InChI=1S/C16H15N3O4/c1-21-12-6-11(7-13(9-12)22-2)15-17-14-8-10(16(20)23-3)4-5-19(14)18-15/h4-9H,1-3H3. The van der Waals surface area contributed by atoms with Crippen LogP contribution in [0.5, 0.6) is 11.5 Å². The van der Waals surface area contributed by atoms with E-state index in [1.165, 1.54) is 7.11 Å². The summed E-state index contributed by atoms with van der Waals surface area (Å²) in [6, 6.07) is 8.66. The van der Waals surface area contributed by atoms with Crippen LogP contribution in [0, 0.1) is 0 Å². The molecule has 0 unspecified atom stereocenters. The number of benzene rings is 1. The van der Waals surface area contributed by atoms with E-state index in [-0.39, 0.29) is 0 Å². The Morgan fingerprint density at radius 2 is 1.74 bits per heavy atom. The number of aromatic nitrogens is 3. The van der Waals surface area contributed by atoms with Crippen molar-refractivity contribution < 1.29 is 19.0 Å². The van der Waals surface area contributed by atoms with Gasteiger partial charge in [0.05, 0.1) is 26.9 Å². The number of rotatable bonds is 4. The fraction of sp³-hybridized carbons (Fsp3) is 0.188. The van der Waals surface area contributed by atoms with E-state index >= 15 is 0 Å². The average molecular weight is 313 g/mol. The number of hydrogen-bond donors (Lipinski definition) is 0. The minimum Gasteiger partial charge on any atom is -0.497 e. The number of hydrogen-bond acceptors (Lipinski definition) is 6. The molecule has 2 heterocycles. The minimum absolute atomic E-state index is 0.417. The van der Waals surface area contributed by atoms with Gasteiger partial charge in [0, 0.05) is 17.8 Å². The number of carbonyl (C=O) groups excluding carboxylic acids is 1. The Labute approximate surface area is 132 Å². The fourth-order valence-electron chi connectivity index (χ4n) is 2.19. The molecule has 0 fully saturated rings. The summed E-state index contributed by atoms with van der Waals surface area (Å²) in [7, 11) is 4.50. The van der Waals surface area contributed by atoms with E-state index in [0.29, 0.717) is 28.5 Å².